The van der Waals surface area contributed by atoms with E-state index >= 15 is 0 Å². The van der Waals surface area contributed by atoms with Gasteiger partial charge in [-0.25, -0.2) is 0 Å². The average Bonchev–Trinajstić information content (AvgIpc) is 2.88. The number of fused-ring (bicyclic) bond motifs is 1. The second kappa shape index (κ2) is 4.55. The van der Waals surface area contributed by atoms with Gasteiger partial charge in [0.05, 0.1) is 5.92 Å². The van der Waals surface area contributed by atoms with E-state index in [2.05, 4.69) is 5.32 Å². The van der Waals surface area contributed by atoms with Gasteiger partial charge in [0, 0.05) is 18.2 Å². The van der Waals surface area contributed by atoms with Crippen molar-refractivity contribution < 1.29 is 15.0 Å². The number of phenols is 1. The molecule has 3 N–H and O–H groups in total. The lowest BCUT2D eigenvalue weighted by molar-refractivity contribution is -0.141. The van der Waals surface area contributed by atoms with Crippen molar-refractivity contribution in [3.63, 3.8) is 0 Å². The first kappa shape index (κ1) is 12.0. The Labute approximate surface area is 110 Å². The lowest BCUT2D eigenvalue weighted by Gasteiger charge is -2.15. The third kappa shape index (κ3) is 2.04. The van der Waals surface area contributed by atoms with Crippen LogP contribution in [0.15, 0.2) is 36.4 Å². The summed E-state index contributed by atoms with van der Waals surface area (Å²) in [5.74, 6) is -0.944. The van der Waals surface area contributed by atoms with Gasteiger partial charge in [-0.2, -0.15) is 0 Å². The Hall–Kier alpha value is -2.07. The molecule has 0 saturated carbocycles. The van der Waals surface area contributed by atoms with Gasteiger partial charge in [-0.05, 0) is 23.3 Å². The first-order valence-corrected chi connectivity index (χ1v) is 6.33. The van der Waals surface area contributed by atoms with Gasteiger partial charge in [0.2, 0.25) is 0 Å². The van der Waals surface area contributed by atoms with E-state index in [9.17, 15) is 9.90 Å². The van der Waals surface area contributed by atoms with Gasteiger partial charge in [0.15, 0.2) is 0 Å². The van der Waals surface area contributed by atoms with E-state index in [-0.39, 0.29) is 17.7 Å². The van der Waals surface area contributed by atoms with E-state index in [1.807, 2.05) is 30.3 Å². The molecule has 2 aromatic carbocycles. The van der Waals surface area contributed by atoms with Crippen LogP contribution in [-0.2, 0) is 4.79 Å². The second-order valence-electron chi connectivity index (χ2n) is 4.95. The molecule has 1 fully saturated rings. The molecule has 4 heteroatoms. The summed E-state index contributed by atoms with van der Waals surface area (Å²) in [5.41, 5.74) is 0.807. The smallest absolute Gasteiger partial charge is 0.307 e. The predicted molar refractivity (Wildman–Crippen MR) is 72.1 cm³/mol. The van der Waals surface area contributed by atoms with Crippen molar-refractivity contribution in [3.05, 3.63) is 42.0 Å². The molecular weight excluding hydrogens is 242 g/mol. The molecule has 2 aromatic rings. The lowest BCUT2D eigenvalue weighted by atomic mass is 9.94. The monoisotopic (exact) mass is 257 g/mol. The van der Waals surface area contributed by atoms with Crippen molar-refractivity contribution in [2.24, 2.45) is 5.92 Å². The maximum absolute atomic E-state index is 11.0. The van der Waals surface area contributed by atoms with Crippen molar-refractivity contribution >= 4 is 16.7 Å². The number of rotatable bonds is 2. The van der Waals surface area contributed by atoms with Crippen LogP contribution in [0, 0.1) is 5.92 Å². The van der Waals surface area contributed by atoms with Crippen LogP contribution in [0.5, 0.6) is 5.75 Å². The molecule has 4 nitrogen and oxygen atoms in total. The van der Waals surface area contributed by atoms with E-state index < -0.39 is 5.97 Å². The largest absolute Gasteiger partial charge is 0.508 e. The number of benzene rings is 2. The molecule has 0 bridgehead atoms. The molecule has 0 aliphatic carbocycles. The molecule has 0 aromatic heterocycles. The summed E-state index contributed by atoms with van der Waals surface area (Å²) in [5, 5.41) is 24.4. The summed E-state index contributed by atoms with van der Waals surface area (Å²) in [7, 11) is 0. The molecule has 0 spiro atoms. The summed E-state index contributed by atoms with van der Waals surface area (Å²) < 4.78 is 0. The number of aliphatic carboxylic acids is 1. The number of hydrogen-bond acceptors (Lipinski definition) is 3. The first-order chi connectivity index (χ1) is 9.16. The minimum absolute atomic E-state index is 0.104. The number of nitrogens with one attached hydrogen (secondary N) is 1. The Kier molecular flexibility index (Phi) is 2.87. The van der Waals surface area contributed by atoms with Gasteiger partial charge in [-0.1, -0.05) is 30.3 Å². The van der Waals surface area contributed by atoms with Crippen molar-refractivity contribution in [2.75, 3.05) is 6.54 Å². The minimum atomic E-state index is -0.783. The van der Waals surface area contributed by atoms with E-state index in [0.717, 1.165) is 16.3 Å². The van der Waals surface area contributed by atoms with E-state index in [4.69, 9.17) is 5.11 Å². The average molecular weight is 257 g/mol. The molecule has 0 amide bonds. The molecule has 1 aliphatic heterocycles. The molecule has 19 heavy (non-hydrogen) atoms. The molecule has 1 heterocycles. The molecule has 1 aliphatic rings. The fourth-order valence-electron chi connectivity index (χ4n) is 2.79. The van der Waals surface area contributed by atoms with Crippen LogP contribution in [0.3, 0.4) is 0 Å². The topological polar surface area (TPSA) is 69.6 Å². The number of carboxylic acid groups (broad SMARTS) is 1. The van der Waals surface area contributed by atoms with Crippen molar-refractivity contribution in [2.45, 2.75) is 12.5 Å². The van der Waals surface area contributed by atoms with Gasteiger partial charge in [0.1, 0.15) is 5.75 Å². The fourth-order valence-corrected chi connectivity index (χ4v) is 2.79. The highest BCUT2D eigenvalue weighted by molar-refractivity contribution is 5.88. The van der Waals surface area contributed by atoms with Gasteiger partial charge >= 0.3 is 5.97 Å². The third-order valence-corrected chi connectivity index (χ3v) is 3.78. The zero-order valence-corrected chi connectivity index (χ0v) is 10.3. The Morgan fingerprint density at radius 1 is 1.21 bits per heavy atom. The highest BCUT2D eigenvalue weighted by Crippen LogP contribution is 2.37. The van der Waals surface area contributed by atoms with Crippen LogP contribution in [0.25, 0.3) is 10.8 Å². The molecule has 3 rings (SSSR count). The van der Waals surface area contributed by atoms with Crippen LogP contribution >= 0.6 is 0 Å². The number of carbonyl (C=O) groups is 1. The number of hydrogen-bond donors (Lipinski definition) is 3. The first-order valence-electron chi connectivity index (χ1n) is 6.33. The van der Waals surface area contributed by atoms with E-state index in [1.54, 1.807) is 6.07 Å². The molecule has 2 unspecified atom stereocenters. The van der Waals surface area contributed by atoms with Crippen LogP contribution in [0.2, 0.25) is 0 Å². The zero-order chi connectivity index (χ0) is 13.4. The van der Waals surface area contributed by atoms with Crippen LogP contribution < -0.4 is 5.32 Å². The summed E-state index contributed by atoms with van der Waals surface area (Å²) in [6, 6.07) is 11.3. The van der Waals surface area contributed by atoms with Gasteiger partial charge in [-0.15, -0.1) is 0 Å². The fraction of sp³-hybridized carbons (Fsp3) is 0.267. The molecular formula is C15H15NO3. The van der Waals surface area contributed by atoms with Crippen LogP contribution in [-0.4, -0.2) is 22.7 Å². The Morgan fingerprint density at radius 3 is 2.74 bits per heavy atom. The summed E-state index contributed by atoms with van der Waals surface area (Å²) in [4.78, 5) is 11.0. The van der Waals surface area contributed by atoms with Crippen molar-refractivity contribution in [3.8, 4) is 5.75 Å². The summed E-state index contributed by atoms with van der Waals surface area (Å²) in [6.07, 6.45) is 0.511. The van der Waals surface area contributed by atoms with Crippen LogP contribution in [0.4, 0.5) is 0 Å². The van der Waals surface area contributed by atoms with Crippen molar-refractivity contribution in [1.82, 2.24) is 5.32 Å². The number of phenolic OH excluding ortho intramolecular Hbond substituents is 1. The second-order valence-corrected chi connectivity index (χ2v) is 4.95. The Bertz CT molecular complexity index is 638. The molecule has 0 radical (unpaired) electrons. The lowest BCUT2D eigenvalue weighted by Crippen LogP contribution is -2.17. The number of aromatic hydroxyl groups is 1. The highest BCUT2D eigenvalue weighted by Gasteiger charge is 2.32. The maximum Gasteiger partial charge on any atom is 0.307 e. The predicted octanol–water partition coefficient (Wildman–Crippen LogP) is 2.28. The standard InChI is InChI=1S/C15H15NO3/c17-13-6-5-9-3-1-2-4-11(9)14(13)12-7-10(8-16-12)15(18)19/h1-6,10,12,16-17H,7-8H2,(H,18,19). The van der Waals surface area contributed by atoms with Gasteiger partial charge in [0.25, 0.3) is 0 Å². The molecule has 2 atom stereocenters. The third-order valence-electron chi connectivity index (χ3n) is 3.78. The highest BCUT2D eigenvalue weighted by atomic mass is 16.4. The van der Waals surface area contributed by atoms with E-state index in [0.29, 0.717) is 13.0 Å². The van der Waals surface area contributed by atoms with E-state index in [1.165, 1.54) is 0 Å². The minimum Gasteiger partial charge on any atom is -0.508 e. The maximum atomic E-state index is 11.0. The molecule has 1 saturated heterocycles. The SMILES string of the molecule is O=C(O)C1CNC(c2c(O)ccc3ccccc23)C1. The number of carboxylic acids is 1. The Balaban J connectivity index is 2.05. The van der Waals surface area contributed by atoms with Gasteiger partial charge < -0.3 is 15.5 Å². The molecule has 98 valence electrons. The van der Waals surface area contributed by atoms with Crippen LogP contribution in [0.1, 0.15) is 18.0 Å². The Morgan fingerprint density at radius 2 is 2.00 bits per heavy atom. The quantitative estimate of drug-likeness (QED) is 0.772. The summed E-state index contributed by atoms with van der Waals surface area (Å²) in [6.45, 7) is 0.447. The summed E-state index contributed by atoms with van der Waals surface area (Å²) >= 11 is 0. The van der Waals surface area contributed by atoms with Crippen molar-refractivity contribution in [1.29, 1.82) is 0 Å². The van der Waals surface area contributed by atoms with Gasteiger partial charge in [-0.3, -0.25) is 4.79 Å². The normalized spacial score (nSPS) is 22.7. The zero-order valence-electron chi connectivity index (χ0n) is 10.3.